The standard InChI is InChI=1S/C11H13NO2/c13-8-2-1-7-5-10-11(9(7)6-8)12-3-4-14-10/h1-2,6,10-13H,3-5H2. The van der Waals surface area contributed by atoms with Gasteiger partial charge in [-0.3, -0.25) is 0 Å². The lowest BCUT2D eigenvalue weighted by molar-refractivity contribution is 0.00502. The molecule has 0 saturated carbocycles. The Morgan fingerprint density at radius 2 is 2.36 bits per heavy atom. The van der Waals surface area contributed by atoms with Gasteiger partial charge in [0.2, 0.25) is 0 Å². The van der Waals surface area contributed by atoms with Crippen LogP contribution >= 0.6 is 0 Å². The summed E-state index contributed by atoms with van der Waals surface area (Å²) in [5.74, 6) is 0.344. The van der Waals surface area contributed by atoms with E-state index in [1.165, 1.54) is 11.1 Å². The molecule has 1 aromatic carbocycles. The summed E-state index contributed by atoms with van der Waals surface area (Å²) < 4.78 is 5.68. The number of nitrogens with one attached hydrogen (secondary N) is 1. The van der Waals surface area contributed by atoms with Crippen molar-refractivity contribution in [1.82, 2.24) is 5.32 Å². The average Bonchev–Trinajstić information content (AvgIpc) is 2.56. The molecule has 0 aromatic heterocycles. The molecule has 74 valence electrons. The Balaban J connectivity index is 2.02. The first-order valence-electron chi connectivity index (χ1n) is 5.01. The molecule has 1 heterocycles. The highest BCUT2D eigenvalue weighted by atomic mass is 16.5. The van der Waals surface area contributed by atoms with Crippen LogP contribution in [0.3, 0.4) is 0 Å². The fraction of sp³-hybridized carbons (Fsp3) is 0.455. The molecule has 0 amide bonds. The Morgan fingerprint density at radius 1 is 1.43 bits per heavy atom. The number of aromatic hydroxyl groups is 1. The van der Waals surface area contributed by atoms with Gasteiger partial charge in [-0.1, -0.05) is 6.07 Å². The van der Waals surface area contributed by atoms with Crippen LogP contribution in [0.1, 0.15) is 17.2 Å². The molecule has 1 fully saturated rings. The molecule has 0 spiro atoms. The predicted molar refractivity (Wildman–Crippen MR) is 52.3 cm³/mol. The van der Waals surface area contributed by atoms with Crippen molar-refractivity contribution in [1.29, 1.82) is 0 Å². The zero-order chi connectivity index (χ0) is 9.54. The van der Waals surface area contributed by atoms with Gasteiger partial charge >= 0.3 is 0 Å². The van der Waals surface area contributed by atoms with Crippen molar-refractivity contribution in [2.24, 2.45) is 0 Å². The molecule has 0 bridgehead atoms. The topological polar surface area (TPSA) is 41.5 Å². The van der Waals surface area contributed by atoms with Crippen LogP contribution < -0.4 is 5.32 Å². The Labute approximate surface area is 82.7 Å². The van der Waals surface area contributed by atoms with E-state index in [0.29, 0.717) is 5.75 Å². The van der Waals surface area contributed by atoms with E-state index in [1.54, 1.807) is 6.07 Å². The maximum atomic E-state index is 9.42. The quantitative estimate of drug-likeness (QED) is 0.642. The molecule has 0 radical (unpaired) electrons. The summed E-state index contributed by atoms with van der Waals surface area (Å²) in [5.41, 5.74) is 2.50. The van der Waals surface area contributed by atoms with Crippen molar-refractivity contribution in [2.45, 2.75) is 18.6 Å². The van der Waals surface area contributed by atoms with E-state index in [9.17, 15) is 5.11 Å². The van der Waals surface area contributed by atoms with E-state index in [4.69, 9.17) is 4.74 Å². The van der Waals surface area contributed by atoms with E-state index in [0.717, 1.165) is 19.6 Å². The van der Waals surface area contributed by atoms with Crippen LogP contribution in [0.15, 0.2) is 18.2 Å². The molecule has 2 aliphatic rings. The number of ether oxygens (including phenoxy) is 1. The number of morpholine rings is 1. The number of rotatable bonds is 0. The Bertz CT molecular complexity index is 364. The lowest BCUT2D eigenvalue weighted by Crippen LogP contribution is -2.39. The normalized spacial score (nSPS) is 29.7. The molecular formula is C11H13NO2. The van der Waals surface area contributed by atoms with E-state index < -0.39 is 0 Å². The van der Waals surface area contributed by atoms with Gasteiger partial charge in [0.15, 0.2) is 0 Å². The van der Waals surface area contributed by atoms with Crippen molar-refractivity contribution in [3.05, 3.63) is 29.3 Å². The largest absolute Gasteiger partial charge is 0.508 e. The molecule has 1 saturated heterocycles. The molecule has 1 aromatic rings. The second-order valence-electron chi connectivity index (χ2n) is 3.93. The van der Waals surface area contributed by atoms with Crippen molar-refractivity contribution in [2.75, 3.05) is 13.2 Å². The molecule has 2 unspecified atom stereocenters. The average molecular weight is 191 g/mol. The summed E-state index contributed by atoms with van der Waals surface area (Å²) in [6, 6.07) is 5.87. The number of phenols is 1. The van der Waals surface area contributed by atoms with Crippen molar-refractivity contribution in [3.8, 4) is 5.75 Å². The van der Waals surface area contributed by atoms with E-state index in [2.05, 4.69) is 5.32 Å². The fourth-order valence-electron chi connectivity index (χ4n) is 2.41. The van der Waals surface area contributed by atoms with E-state index in [1.807, 2.05) is 12.1 Å². The molecule has 3 nitrogen and oxygen atoms in total. The molecule has 3 heteroatoms. The van der Waals surface area contributed by atoms with Gasteiger partial charge in [0.25, 0.3) is 0 Å². The lowest BCUT2D eigenvalue weighted by atomic mass is 10.1. The van der Waals surface area contributed by atoms with Crippen LogP contribution in [0.5, 0.6) is 5.75 Å². The third kappa shape index (κ3) is 1.13. The number of hydrogen-bond donors (Lipinski definition) is 2. The van der Waals surface area contributed by atoms with Crippen LogP contribution in [0.4, 0.5) is 0 Å². The van der Waals surface area contributed by atoms with Gasteiger partial charge in [0, 0.05) is 13.0 Å². The third-order valence-corrected chi connectivity index (χ3v) is 3.06. The fourth-order valence-corrected chi connectivity index (χ4v) is 2.41. The summed E-state index contributed by atoms with van der Waals surface area (Å²) in [6.45, 7) is 1.69. The Morgan fingerprint density at radius 3 is 3.29 bits per heavy atom. The predicted octanol–water partition coefficient (Wildman–Crippen LogP) is 0.978. The second kappa shape index (κ2) is 2.97. The number of hydrogen-bond acceptors (Lipinski definition) is 3. The highest BCUT2D eigenvalue weighted by Crippen LogP contribution is 2.36. The van der Waals surface area contributed by atoms with Crippen LogP contribution in [0, 0.1) is 0 Å². The Hall–Kier alpha value is -1.06. The summed E-state index contributed by atoms with van der Waals surface area (Å²) in [7, 11) is 0. The molecule has 14 heavy (non-hydrogen) atoms. The van der Waals surface area contributed by atoms with Crippen molar-refractivity contribution < 1.29 is 9.84 Å². The molecule has 2 atom stereocenters. The zero-order valence-electron chi connectivity index (χ0n) is 7.86. The minimum Gasteiger partial charge on any atom is -0.508 e. The monoisotopic (exact) mass is 191 g/mol. The number of fused-ring (bicyclic) bond motifs is 3. The van der Waals surface area contributed by atoms with Gasteiger partial charge < -0.3 is 15.2 Å². The van der Waals surface area contributed by atoms with E-state index in [-0.39, 0.29) is 12.1 Å². The minimum atomic E-state index is 0.264. The molecular weight excluding hydrogens is 178 g/mol. The highest BCUT2D eigenvalue weighted by Gasteiger charge is 2.35. The van der Waals surface area contributed by atoms with Crippen LogP contribution in [-0.2, 0) is 11.2 Å². The second-order valence-corrected chi connectivity index (χ2v) is 3.93. The Kier molecular flexibility index (Phi) is 1.75. The molecule has 1 aliphatic heterocycles. The smallest absolute Gasteiger partial charge is 0.115 e. The van der Waals surface area contributed by atoms with Gasteiger partial charge in [-0.15, -0.1) is 0 Å². The SMILES string of the molecule is Oc1ccc2c(c1)C1NCCOC1C2. The maximum Gasteiger partial charge on any atom is 0.115 e. The first kappa shape index (κ1) is 8.26. The number of phenolic OH excluding ortho intramolecular Hbond substituents is 1. The van der Waals surface area contributed by atoms with Gasteiger partial charge in [-0.2, -0.15) is 0 Å². The van der Waals surface area contributed by atoms with Gasteiger partial charge in [0.05, 0.1) is 18.8 Å². The van der Waals surface area contributed by atoms with Crippen molar-refractivity contribution in [3.63, 3.8) is 0 Å². The first-order valence-corrected chi connectivity index (χ1v) is 5.01. The summed E-state index contributed by atoms with van der Waals surface area (Å²) >= 11 is 0. The molecule has 1 aliphatic carbocycles. The van der Waals surface area contributed by atoms with Crippen LogP contribution in [0.2, 0.25) is 0 Å². The van der Waals surface area contributed by atoms with Crippen molar-refractivity contribution >= 4 is 0 Å². The number of benzene rings is 1. The van der Waals surface area contributed by atoms with Crippen LogP contribution in [0.25, 0.3) is 0 Å². The maximum absolute atomic E-state index is 9.42. The lowest BCUT2D eigenvalue weighted by Gasteiger charge is -2.27. The van der Waals surface area contributed by atoms with Crippen LogP contribution in [-0.4, -0.2) is 24.4 Å². The summed E-state index contributed by atoms with van der Waals surface area (Å²) in [5, 5.41) is 12.8. The first-order chi connectivity index (χ1) is 6.84. The summed E-state index contributed by atoms with van der Waals surface area (Å²) in [4.78, 5) is 0. The highest BCUT2D eigenvalue weighted by molar-refractivity contribution is 5.42. The van der Waals surface area contributed by atoms with Gasteiger partial charge in [-0.05, 0) is 23.3 Å². The minimum absolute atomic E-state index is 0.264. The summed E-state index contributed by atoms with van der Waals surface area (Å²) in [6.07, 6.45) is 1.23. The molecule has 2 N–H and O–H groups in total. The van der Waals surface area contributed by atoms with E-state index >= 15 is 0 Å². The van der Waals surface area contributed by atoms with Gasteiger partial charge in [0.1, 0.15) is 5.75 Å². The zero-order valence-corrected chi connectivity index (χ0v) is 7.86. The van der Waals surface area contributed by atoms with Gasteiger partial charge in [-0.25, -0.2) is 0 Å². The third-order valence-electron chi connectivity index (χ3n) is 3.06. The molecule has 3 rings (SSSR count).